The molecule has 0 saturated carbocycles. The van der Waals surface area contributed by atoms with Gasteiger partial charge in [0.1, 0.15) is 6.04 Å². The fraction of sp³-hybridized carbons (Fsp3) is 0.533. The quantitative estimate of drug-likeness (QED) is 0.765. The third-order valence-electron chi connectivity index (χ3n) is 3.30. The summed E-state index contributed by atoms with van der Waals surface area (Å²) in [5.74, 6) is -0.206. The lowest BCUT2D eigenvalue weighted by atomic mass is 10.1. The normalized spacial score (nSPS) is 12.0. The maximum absolute atomic E-state index is 11.5. The third kappa shape index (κ3) is 4.56. The second-order valence-electron chi connectivity index (χ2n) is 4.57. The number of aryl methyl sites for hydroxylation is 1. The Labute approximate surface area is 115 Å². The molecule has 1 atom stereocenters. The van der Waals surface area contributed by atoms with Crippen LogP contribution >= 0.6 is 0 Å². The van der Waals surface area contributed by atoms with Crippen LogP contribution in [-0.4, -0.2) is 39.3 Å². The summed E-state index contributed by atoms with van der Waals surface area (Å²) < 4.78 is 4.77. The Morgan fingerprint density at radius 3 is 2.47 bits per heavy atom. The zero-order valence-corrected chi connectivity index (χ0v) is 12.3. The predicted octanol–water partition coefficient (Wildman–Crippen LogP) is 1.97. The van der Waals surface area contributed by atoms with Crippen molar-refractivity contribution in [3.63, 3.8) is 0 Å². The van der Waals surface area contributed by atoms with Crippen molar-refractivity contribution in [3.8, 4) is 0 Å². The fourth-order valence-corrected chi connectivity index (χ4v) is 2.03. The first-order valence-electron chi connectivity index (χ1n) is 6.69. The largest absolute Gasteiger partial charge is 0.468 e. The summed E-state index contributed by atoms with van der Waals surface area (Å²) >= 11 is 0. The zero-order valence-electron chi connectivity index (χ0n) is 12.3. The Hall–Kier alpha value is -1.55. The number of esters is 1. The summed E-state index contributed by atoms with van der Waals surface area (Å²) in [7, 11) is 3.20. The van der Waals surface area contributed by atoms with Crippen molar-refractivity contribution in [1.82, 2.24) is 5.32 Å². The summed E-state index contributed by atoms with van der Waals surface area (Å²) in [6, 6.07) is 8.20. The van der Waals surface area contributed by atoms with Crippen LogP contribution in [0.3, 0.4) is 0 Å². The van der Waals surface area contributed by atoms with E-state index in [9.17, 15) is 4.79 Å². The first kappa shape index (κ1) is 15.5. The van der Waals surface area contributed by atoms with Gasteiger partial charge in [-0.05, 0) is 39.4 Å². The first-order valence-corrected chi connectivity index (χ1v) is 6.69. The van der Waals surface area contributed by atoms with Crippen molar-refractivity contribution in [2.24, 2.45) is 0 Å². The number of nitrogens with one attached hydrogen (secondary N) is 1. The maximum Gasteiger partial charge on any atom is 0.322 e. The van der Waals surface area contributed by atoms with Crippen molar-refractivity contribution in [2.75, 3.05) is 32.1 Å². The van der Waals surface area contributed by atoms with Gasteiger partial charge in [0.15, 0.2) is 0 Å². The standard InChI is InChI=1S/C15H24N2O2/c1-5-17(13-8-6-12(2)7-9-13)11-10-14(16-3)15(18)19-4/h6-9,14,16H,5,10-11H2,1-4H3. The second-order valence-corrected chi connectivity index (χ2v) is 4.57. The molecule has 0 aliphatic rings. The molecule has 106 valence electrons. The maximum atomic E-state index is 11.5. The van der Waals surface area contributed by atoms with Crippen LogP contribution in [0.2, 0.25) is 0 Å². The number of benzene rings is 1. The van der Waals surface area contributed by atoms with Crippen LogP contribution < -0.4 is 10.2 Å². The van der Waals surface area contributed by atoms with E-state index >= 15 is 0 Å². The van der Waals surface area contributed by atoms with Gasteiger partial charge in [0, 0.05) is 18.8 Å². The molecule has 0 aliphatic carbocycles. The number of methoxy groups -OCH3 is 1. The second kappa shape index (κ2) is 7.79. The van der Waals surface area contributed by atoms with Gasteiger partial charge in [-0.25, -0.2) is 0 Å². The average Bonchev–Trinajstić information content (AvgIpc) is 2.44. The molecule has 19 heavy (non-hydrogen) atoms. The van der Waals surface area contributed by atoms with Crippen LogP contribution in [0.5, 0.6) is 0 Å². The van der Waals surface area contributed by atoms with Crippen LogP contribution in [0, 0.1) is 6.92 Å². The number of nitrogens with zero attached hydrogens (tertiary/aromatic N) is 1. The van der Waals surface area contributed by atoms with E-state index in [2.05, 4.69) is 48.3 Å². The summed E-state index contributed by atoms with van der Waals surface area (Å²) in [6.07, 6.45) is 0.727. The highest BCUT2D eigenvalue weighted by molar-refractivity contribution is 5.75. The molecule has 0 bridgehead atoms. The Morgan fingerprint density at radius 2 is 2.00 bits per heavy atom. The molecule has 1 aromatic carbocycles. The van der Waals surface area contributed by atoms with E-state index in [1.165, 1.54) is 18.4 Å². The highest BCUT2D eigenvalue weighted by Crippen LogP contribution is 2.15. The lowest BCUT2D eigenvalue weighted by molar-refractivity contribution is -0.143. The van der Waals surface area contributed by atoms with E-state index in [-0.39, 0.29) is 12.0 Å². The first-order chi connectivity index (χ1) is 9.12. The molecule has 0 saturated heterocycles. The summed E-state index contributed by atoms with van der Waals surface area (Å²) in [6.45, 7) is 5.93. The molecule has 4 heteroatoms. The topological polar surface area (TPSA) is 41.6 Å². The molecule has 0 amide bonds. The molecular formula is C15H24N2O2. The Morgan fingerprint density at radius 1 is 1.37 bits per heavy atom. The van der Waals surface area contributed by atoms with Crippen LogP contribution in [-0.2, 0) is 9.53 Å². The van der Waals surface area contributed by atoms with Crippen molar-refractivity contribution >= 4 is 11.7 Å². The highest BCUT2D eigenvalue weighted by atomic mass is 16.5. The minimum atomic E-state index is -0.246. The molecule has 0 aromatic heterocycles. The highest BCUT2D eigenvalue weighted by Gasteiger charge is 2.17. The molecule has 0 heterocycles. The molecule has 0 spiro atoms. The SMILES string of the molecule is CCN(CCC(NC)C(=O)OC)c1ccc(C)cc1. The molecule has 1 N–H and O–H groups in total. The van der Waals surface area contributed by atoms with Crippen LogP contribution in [0.4, 0.5) is 5.69 Å². The van der Waals surface area contributed by atoms with Gasteiger partial charge in [0.05, 0.1) is 7.11 Å². The number of carbonyl (C=O) groups is 1. The third-order valence-corrected chi connectivity index (χ3v) is 3.30. The van der Waals surface area contributed by atoms with Crippen LogP contribution in [0.1, 0.15) is 18.9 Å². The van der Waals surface area contributed by atoms with Gasteiger partial charge in [-0.3, -0.25) is 4.79 Å². The smallest absolute Gasteiger partial charge is 0.322 e. The number of anilines is 1. The summed E-state index contributed by atoms with van der Waals surface area (Å²) in [4.78, 5) is 13.8. The lowest BCUT2D eigenvalue weighted by Crippen LogP contribution is -2.38. The number of ether oxygens (including phenoxy) is 1. The average molecular weight is 264 g/mol. The Kier molecular flexibility index (Phi) is 6.36. The fourth-order valence-electron chi connectivity index (χ4n) is 2.03. The van der Waals surface area contributed by atoms with Crippen molar-refractivity contribution in [1.29, 1.82) is 0 Å². The zero-order chi connectivity index (χ0) is 14.3. The number of rotatable bonds is 7. The minimum absolute atomic E-state index is 0.206. The Balaban J connectivity index is 2.62. The van der Waals surface area contributed by atoms with Gasteiger partial charge in [-0.2, -0.15) is 0 Å². The van der Waals surface area contributed by atoms with Crippen LogP contribution in [0.25, 0.3) is 0 Å². The van der Waals surface area contributed by atoms with E-state index in [0.717, 1.165) is 19.5 Å². The molecule has 0 fully saturated rings. The summed E-state index contributed by atoms with van der Waals surface area (Å²) in [5, 5.41) is 2.99. The number of hydrogen-bond donors (Lipinski definition) is 1. The summed E-state index contributed by atoms with van der Waals surface area (Å²) in [5.41, 5.74) is 2.44. The molecule has 1 rings (SSSR count). The number of carbonyl (C=O) groups excluding carboxylic acids is 1. The van der Waals surface area contributed by atoms with Gasteiger partial charge in [-0.15, -0.1) is 0 Å². The van der Waals surface area contributed by atoms with Crippen molar-refractivity contribution in [2.45, 2.75) is 26.3 Å². The molecule has 4 nitrogen and oxygen atoms in total. The van der Waals surface area contributed by atoms with Crippen molar-refractivity contribution in [3.05, 3.63) is 29.8 Å². The lowest BCUT2D eigenvalue weighted by Gasteiger charge is -2.25. The van der Waals surface area contributed by atoms with E-state index in [1.807, 2.05) is 0 Å². The van der Waals surface area contributed by atoms with Crippen LogP contribution in [0.15, 0.2) is 24.3 Å². The molecular weight excluding hydrogens is 240 g/mol. The predicted molar refractivity (Wildman–Crippen MR) is 78.5 cm³/mol. The van der Waals surface area contributed by atoms with E-state index in [4.69, 9.17) is 4.74 Å². The van der Waals surface area contributed by atoms with Crippen molar-refractivity contribution < 1.29 is 9.53 Å². The molecule has 1 unspecified atom stereocenters. The Bertz CT molecular complexity index is 390. The van der Waals surface area contributed by atoms with E-state index < -0.39 is 0 Å². The van der Waals surface area contributed by atoms with Gasteiger partial charge >= 0.3 is 5.97 Å². The van der Waals surface area contributed by atoms with Gasteiger partial charge in [-0.1, -0.05) is 17.7 Å². The molecule has 1 aromatic rings. The molecule has 0 radical (unpaired) electrons. The van der Waals surface area contributed by atoms with Gasteiger partial charge in [0.25, 0.3) is 0 Å². The van der Waals surface area contributed by atoms with E-state index in [0.29, 0.717) is 0 Å². The molecule has 0 aliphatic heterocycles. The van der Waals surface area contributed by atoms with Gasteiger partial charge in [0.2, 0.25) is 0 Å². The number of hydrogen-bond acceptors (Lipinski definition) is 4. The van der Waals surface area contributed by atoms with Gasteiger partial charge < -0.3 is 15.0 Å². The monoisotopic (exact) mass is 264 g/mol. The minimum Gasteiger partial charge on any atom is -0.468 e. The van der Waals surface area contributed by atoms with E-state index in [1.54, 1.807) is 7.05 Å². The number of likely N-dealkylation sites (N-methyl/N-ethyl adjacent to an activating group) is 1.